The number of allylic oxidation sites excluding steroid dienone is 10. The molecule has 0 spiro atoms. The zero-order valence-corrected chi connectivity index (χ0v) is 91.8. The molecule has 0 bridgehead atoms. The molecule has 0 aliphatic carbocycles. The Kier molecular flexibility index (Phi) is 168. The minimum absolute atomic E-state index is 0. The van der Waals surface area contributed by atoms with Crippen LogP contribution in [-0.4, -0.2) is 55.4 Å². The monoisotopic (exact) mass is 1650 g/mol. The van der Waals surface area contributed by atoms with Gasteiger partial charge in [-0.05, 0) is 161 Å². The van der Waals surface area contributed by atoms with E-state index in [1.807, 2.05) is 0 Å². The molecular weight excluding hydrogens is 1480 g/mol. The molecule has 0 heterocycles. The number of carbonyl (C=O) groups is 5. The summed E-state index contributed by atoms with van der Waals surface area (Å²) in [6.07, 6.45) is 106. The second kappa shape index (κ2) is 132. The second-order valence-electron chi connectivity index (χ2n) is 28.6. The number of hydrogen-bond donors (Lipinski definition) is 5. The van der Waals surface area contributed by atoms with Gasteiger partial charge in [-0.3, -0.25) is 24.0 Å². The van der Waals surface area contributed by atoms with Crippen LogP contribution in [0.5, 0.6) is 0 Å². The fraction of sp³-hybridized carbons (Fsp3) is 0.833. The average Bonchev–Trinajstić information content (AvgIpc) is 2.91. The summed E-state index contributed by atoms with van der Waals surface area (Å²) in [6.45, 7) is 11.3. The molecule has 0 unspecified atom stereocenters. The van der Waals surface area contributed by atoms with Crippen molar-refractivity contribution in [2.45, 2.75) is 484 Å². The number of carboxylic acid groups (broad SMARTS) is 5. The zero-order chi connectivity index (χ0) is 74.5. The third-order valence-corrected chi connectivity index (χ3v) is 18.3. The first kappa shape index (κ1) is 135. The van der Waals surface area contributed by atoms with Crippen molar-refractivity contribution < 1.29 is 358 Å². The Labute approximate surface area is 914 Å². The van der Waals surface area contributed by atoms with Crippen LogP contribution in [0, 0.1) is 0 Å². The van der Waals surface area contributed by atoms with Crippen molar-refractivity contribution in [1.29, 1.82) is 0 Å². The van der Waals surface area contributed by atoms with Crippen LogP contribution in [0.1, 0.15) is 484 Å². The average molecular weight is 1650 g/mol. The topological polar surface area (TPSA) is 186 Å². The number of aliphatic carboxylic acids is 5. The van der Waals surface area contributed by atoms with Crippen molar-refractivity contribution in [3.05, 3.63) is 60.8 Å². The van der Waals surface area contributed by atoms with Gasteiger partial charge >= 0.3 is 338 Å². The smallest absolute Gasteiger partial charge is 0.481 e. The van der Waals surface area contributed by atoms with Crippen LogP contribution in [0.15, 0.2) is 60.8 Å². The summed E-state index contributed by atoms with van der Waals surface area (Å²) in [7, 11) is 0. The largest absolute Gasteiger partial charge is 1.00 e. The fourth-order valence-corrected chi connectivity index (χ4v) is 11.7. The van der Waals surface area contributed by atoms with Gasteiger partial charge in [0.25, 0.3) is 0 Å². The molecule has 0 amide bonds. The van der Waals surface area contributed by atoms with Gasteiger partial charge in [-0.2, -0.15) is 0 Å². The molecule has 0 aromatic carbocycles. The van der Waals surface area contributed by atoms with Crippen LogP contribution < -0.4 is 308 Å². The molecule has 0 saturated heterocycles. The van der Waals surface area contributed by atoms with Crippen LogP contribution in [0.25, 0.3) is 0 Å². The minimum atomic E-state index is -0.664. The Morgan fingerprint density at radius 2 is 0.236 bits per heavy atom. The van der Waals surface area contributed by atoms with E-state index in [4.69, 9.17) is 25.5 Å². The molecule has 0 fully saturated rings. The summed E-state index contributed by atoms with van der Waals surface area (Å²) in [4.78, 5) is 51.6. The maximum absolute atomic E-state index is 10.3. The van der Waals surface area contributed by atoms with Crippen molar-refractivity contribution >= 4 is 29.8 Å². The molecule has 0 radical (unpaired) electrons. The number of rotatable bonds is 75. The summed E-state index contributed by atoms with van der Waals surface area (Å²) in [5.41, 5.74) is 0. The molecule has 0 aromatic rings. The Morgan fingerprint density at radius 3 is 0.330 bits per heavy atom. The van der Waals surface area contributed by atoms with Crippen LogP contribution in [0.3, 0.4) is 0 Å². The van der Waals surface area contributed by atoms with E-state index >= 15 is 0 Å². The van der Waals surface area contributed by atoms with Crippen LogP contribution in [-0.2, 0) is 24.0 Å². The molecular formula is C90H170K6O10+6. The SMILES string of the molecule is CCCCCCCC/C=C\CCCCCCCC(=O)O.CCCCCCCC/C=C\CCCCCCCC(=O)O.CCCCCCCC/C=C\CCCCCCCC(=O)O.CCCCCCCC/C=C\CCCCCCCC(=O)O.CCCCCCCC/C=C\CCCCCCCC(=O)O.[K+].[K+].[K+].[K+].[K+].[K+]. The van der Waals surface area contributed by atoms with Crippen molar-refractivity contribution in [2.75, 3.05) is 0 Å². The number of unbranched alkanes of at least 4 members (excludes halogenated alkanes) is 55. The van der Waals surface area contributed by atoms with Crippen LogP contribution >= 0.6 is 0 Å². The molecule has 0 atom stereocenters. The molecule has 0 aromatic heterocycles. The van der Waals surface area contributed by atoms with E-state index in [0.29, 0.717) is 32.1 Å². The van der Waals surface area contributed by atoms with E-state index in [1.54, 1.807) is 0 Å². The van der Waals surface area contributed by atoms with Gasteiger partial charge in [0, 0.05) is 32.1 Å². The van der Waals surface area contributed by atoms with Crippen molar-refractivity contribution in [2.24, 2.45) is 0 Å². The summed E-state index contributed by atoms with van der Waals surface area (Å²) in [5.74, 6) is -3.32. The zero-order valence-electron chi connectivity index (χ0n) is 73.0. The molecule has 106 heavy (non-hydrogen) atoms. The minimum Gasteiger partial charge on any atom is -0.481 e. The van der Waals surface area contributed by atoms with Gasteiger partial charge < -0.3 is 25.5 Å². The maximum atomic E-state index is 10.3. The van der Waals surface area contributed by atoms with E-state index < -0.39 is 29.8 Å². The van der Waals surface area contributed by atoms with E-state index in [1.165, 1.54) is 353 Å². The third kappa shape index (κ3) is 158. The summed E-state index contributed by atoms with van der Waals surface area (Å²) < 4.78 is 0. The predicted octanol–water partition coefficient (Wildman–Crippen LogP) is 12.6. The van der Waals surface area contributed by atoms with Gasteiger partial charge in [0.05, 0.1) is 0 Å². The molecule has 0 saturated carbocycles. The first-order valence-corrected chi connectivity index (χ1v) is 43.2. The van der Waals surface area contributed by atoms with Crippen molar-refractivity contribution in [1.82, 2.24) is 0 Å². The normalized spacial score (nSPS) is 10.6. The van der Waals surface area contributed by atoms with E-state index in [-0.39, 0.29) is 308 Å². The summed E-state index contributed by atoms with van der Waals surface area (Å²) in [5, 5.41) is 42.5. The Balaban J connectivity index is -0.000000117. The molecule has 10 nitrogen and oxygen atoms in total. The van der Waals surface area contributed by atoms with Gasteiger partial charge in [0.15, 0.2) is 0 Å². The van der Waals surface area contributed by atoms with E-state index in [9.17, 15) is 24.0 Å². The maximum Gasteiger partial charge on any atom is 1.00 e. The van der Waals surface area contributed by atoms with Crippen LogP contribution in [0.2, 0.25) is 0 Å². The Morgan fingerprint density at radius 1 is 0.151 bits per heavy atom. The van der Waals surface area contributed by atoms with Gasteiger partial charge in [0.1, 0.15) is 0 Å². The van der Waals surface area contributed by atoms with Gasteiger partial charge in [-0.15, -0.1) is 0 Å². The molecule has 590 valence electrons. The van der Waals surface area contributed by atoms with Gasteiger partial charge in [-0.1, -0.05) is 352 Å². The summed E-state index contributed by atoms with van der Waals surface area (Å²) in [6, 6.07) is 0. The summed E-state index contributed by atoms with van der Waals surface area (Å²) >= 11 is 0. The molecule has 5 N–H and O–H groups in total. The number of carboxylic acids is 5. The Bertz CT molecular complexity index is 1490. The van der Waals surface area contributed by atoms with Crippen molar-refractivity contribution in [3.8, 4) is 0 Å². The van der Waals surface area contributed by atoms with Gasteiger partial charge in [0.2, 0.25) is 0 Å². The van der Waals surface area contributed by atoms with E-state index in [0.717, 1.165) is 64.2 Å². The Hall–Kier alpha value is 5.87. The predicted molar refractivity (Wildman–Crippen MR) is 435 cm³/mol. The molecule has 16 heteroatoms. The third-order valence-electron chi connectivity index (χ3n) is 18.3. The van der Waals surface area contributed by atoms with Crippen LogP contribution in [0.4, 0.5) is 0 Å². The molecule has 0 aliphatic rings. The quantitative estimate of drug-likeness (QED) is 0.0223. The first-order valence-electron chi connectivity index (χ1n) is 43.2. The molecule has 0 aliphatic heterocycles. The van der Waals surface area contributed by atoms with Gasteiger partial charge in [-0.25, -0.2) is 0 Å². The standard InChI is InChI=1S/5C18H34O2.6K/c5*1-2-3-4-5-6-7-8-9-10-11-12-13-14-15-16-17-18(19)20;;;;;;/h5*9-10H,2-8,11-17H2,1H3,(H,19,20);;;;;;/q;;;;;6*+1/b5*10-9-;;;;;;. The fourth-order valence-electron chi connectivity index (χ4n) is 11.7. The second-order valence-corrected chi connectivity index (χ2v) is 28.6. The first-order chi connectivity index (χ1) is 48.9. The van der Waals surface area contributed by atoms with Crippen molar-refractivity contribution in [3.63, 3.8) is 0 Å². The molecule has 0 rings (SSSR count). The number of hydrogen-bond acceptors (Lipinski definition) is 5. The van der Waals surface area contributed by atoms with E-state index in [2.05, 4.69) is 95.4 Å².